The normalized spacial score (nSPS) is 11.4. The molecule has 2 aromatic carbocycles. The standard InChI is InChI=1S/C19H12F3N5O2/c20-19(21,22)15-4-2-1-3-14(15)17-9-16(26-29-17)18(28)25-12-5-7-13(8-6-12)27-10-23-24-11-27/h1-11H,(H,25,28). The number of hydrogen-bond acceptors (Lipinski definition) is 5. The predicted molar refractivity (Wildman–Crippen MR) is 96.3 cm³/mol. The molecule has 0 bridgehead atoms. The minimum Gasteiger partial charge on any atom is -0.355 e. The van der Waals surface area contributed by atoms with Crippen LogP contribution in [0.4, 0.5) is 18.9 Å². The first-order chi connectivity index (χ1) is 13.9. The van der Waals surface area contributed by atoms with E-state index in [1.807, 2.05) is 0 Å². The average molecular weight is 399 g/mol. The Morgan fingerprint density at radius 1 is 1.00 bits per heavy atom. The van der Waals surface area contributed by atoms with Crippen LogP contribution >= 0.6 is 0 Å². The summed E-state index contributed by atoms with van der Waals surface area (Å²) < 4.78 is 46.2. The molecule has 0 spiro atoms. The second kappa shape index (κ2) is 7.23. The van der Waals surface area contributed by atoms with Gasteiger partial charge in [-0.1, -0.05) is 23.4 Å². The van der Waals surface area contributed by atoms with Gasteiger partial charge in [0.05, 0.1) is 5.56 Å². The third-order valence-electron chi connectivity index (χ3n) is 4.08. The van der Waals surface area contributed by atoms with Gasteiger partial charge in [0.1, 0.15) is 12.7 Å². The monoisotopic (exact) mass is 399 g/mol. The van der Waals surface area contributed by atoms with Gasteiger partial charge in [0, 0.05) is 23.0 Å². The lowest BCUT2D eigenvalue weighted by Gasteiger charge is -2.09. The van der Waals surface area contributed by atoms with Crippen molar-refractivity contribution >= 4 is 11.6 Å². The topological polar surface area (TPSA) is 85.8 Å². The molecule has 2 heterocycles. The van der Waals surface area contributed by atoms with Gasteiger partial charge in [-0.15, -0.1) is 10.2 Å². The molecule has 7 nitrogen and oxygen atoms in total. The Morgan fingerprint density at radius 2 is 1.69 bits per heavy atom. The maximum absolute atomic E-state index is 13.2. The van der Waals surface area contributed by atoms with Crippen LogP contribution in [0.5, 0.6) is 0 Å². The largest absolute Gasteiger partial charge is 0.417 e. The number of amides is 1. The number of nitrogens with zero attached hydrogens (tertiary/aromatic N) is 4. The summed E-state index contributed by atoms with van der Waals surface area (Å²) in [6.07, 6.45) is -1.50. The van der Waals surface area contributed by atoms with Crippen molar-refractivity contribution in [1.82, 2.24) is 19.9 Å². The van der Waals surface area contributed by atoms with Crippen LogP contribution in [0.25, 0.3) is 17.0 Å². The lowest BCUT2D eigenvalue weighted by atomic mass is 10.0. The molecule has 0 unspecified atom stereocenters. The van der Waals surface area contributed by atoms with Gasteiger partial charge in [0.15, 0.2) is 11.5 Å². The fourth-order valence-corrected chi connectivity index (χ4v) is 2.70. The molecule has 4 aromatic rings. The number of rotatable bonds is 4. The van der Waals surface area contributed by atoms with E-state index < -0.39 is 17.6 Å². The number of benzene rings is 2. The van der Waals surface area contributed by atoms with Crippen molar-refractivity contribution in [3.05, 3.63) is 78.5 Å². The highest BCUT2D eigenvalue weighted by atomic mass is 19.4. The van der Waals surface area contributed by atoms with Crippen LogP contribution in [0.2, 0.25) is 0 Å². The zero-order chi connectivity index (χ0) is 20.4. The molecule has 0 aliphatic heterocycles. The van der Waals surface area contributed by atoms with Gasteiger partial charge in [-0.3, -0.25) is 9.36 Å². The number of anilines is 1. The molecule has 0 radical (unpaired) electrons. The first-order valence-electron chi connectivity index (χ1n) is 8.31. The van der Waals surface area contributed by atoms with Crippen molar-refractivity contribution in [2.45, 2.75) is 6.18 Å². The first kappa shape index (κ1) is 18.4. The van der Waals surface area contributed by atoms with Gasteiger partial charge in [0.25, 0.3) is 5.91 Å². The molecule has 0 saturated heterocycles. The van der Waals surface area contributed by atoms with E-state index in [1.54, 1.807) is 28.8 Å². The molecule has 2 aromatic heterocycles. The summed E-state index contributed by atoms with van der Waals surface area (Å²) in [6, 6.07) is 12.9. The van der Waals surface area contributed by atoms with E-state index in [9.17, 15) is 18.0 Å². The number of carbonyl (C=O) groups is 1. The molecule has 1 amide bonds. The minimum atomic E-state index is -4.56. The van der Waals surface area contributed by atoms with Crippen LogP contribution < -0.4 is 5.32 Å². The van der Waals surface area contributed by atoms with Gasteiger partial charge in [0.2, 0.25) is 0 Å². The van der Waals surface area contributed by atoms with E-state index in [0.717, 1.165) is 11.8 Å². The third-order valence-corrected chi connectivity index (χ3v) is 4.08. The van der Waals surface area contributed by atoms with Crippen molar-refractivity contribution in [1.29, 1.82) is 0 Å². The van der Waals surface area contributed by atoms with Gasteiger partial charge in [-0.25, -0.2) is 0 Å². The highest BCUT2D eigenvalue weighted by Gasteiger charge is 2.34. The van der Waals surface area contributed by atoms with Gasteiger partial charge in [-0.05, 0) is 30.3 Å². The van der Waals surface area contributed by atoms with Crippen molar-refractivity contribution in [2.24, 2.45) is 0 Å². The fourth-order valence-electron chi connectivity index (χ4n) is 2.70. The second-order valence-electron chi connectivity index (χ2n) is 5.99. The highest BCUT2D eigenvalue weighted by molar-refractivity contribution is 6.03. The van der Waals surface area contributed by atoms with Crippen LogP contribution in [-0.2, 0) is 6.18 Å². The highest BCUT2D eigenvalue weighted by Crippen LogP contribution is 2.37. The molecule has 10 heteroatoms. The van der Waals surface area contributed by atoms with Gasteiger partial charge < -0.3 is 9.84 Å². The first-order valence-corrected chi connectivity index (χ1v) is 8.31. The number of hydrogen-bond donors (Lipinski definition) is 1. The number of carbonyl (C=O) groups excluding carboxylic acids is 1. The Balaban J connectivity index is 1.52. The minimum absolute atomic E-state index is 0.139. The Labute approximate surface area is 161 Å². The summed E-state index contributed by atoms with van der Waals surface area (Å²) in [5.74, 6) is -0.757. The number of alkyl halides is 3. The average Bonchev–Trinajstić information content (AvgIpc) is 3.40. The molecular weight excluding hydrogens is 387 g/mol. The van der Waals surface area contributed by atoms with Crippen LogP contribution in [0.1, 0.15) is 16.1 Å². The summed E-state index contributed by atoms with van der Waals surface area (Å²) in [7, 11) is 0. The van der Waals surface area contributed by atoms with Crippen molar-refractivity contribution < 1.29 is 22.5 Å². The van der Waals surface area contributed by atoms with E-state index in [1.165, 1.54) is 36.9 Å². The van der Waals surface area contributed by atoms with E-state index in [0.29, 0.717) is 5.69 Å². The zero-order valence-corrected chi connectivity index (χ0v) is 14.6. The van der Waals surface area contributed by atoms with Crippen molar-refractivity contribution in [2.75, 3.05) is 5.32 Å². The molecular formula is C19H12F3N5O2. The van der Waals surface area contributed by atoms with Crippen LogP contribution in [0.15, 0.2) is 71.8 Å². The lowest BCUT2D eigenvalue weighted by molar-refractivity contribution is -0.137. The van der Waals surface area contributed by atoms with Crippen LogP contribution in [0, 0.1) is 0 Å². The molecule has 0 aliphatic rings. The molecule has 0 atom stereocenters. The summed E-state index contributed by atoms with van der Waals surface area (Å²) in [5, 5.41) is 13.6. The zero-order valence-electron chi connectivity index (χ0n) is 14.6. The predicted octanol–water partition coefficient (Wildman–Crippen LogP) is 4.19. The molecule has 4 rings (SSSR count). The maximum Gasteiger partial charge on any atom is 0.417 e. The number of halogens is 3. The number of nitrogens with one attached hydrogen (secondary N) is 1. The Hall–Kier alpha value is -3.95. The molecule has 0 aliphatic carbocycles. The van der Waals surface area contributed by atoms with Gasteiger partial charge >= 0.3 is 6.18 Å². The molecule has 1 N–H and O–H groups in total. The summed E-state index contributed by atoms with van der Waals surface area (Å²) in [5.41, 5.74) is 0.0740. The summed E-state index contributed by atoms with van der Waals surface area (Å²) in [6.45, 7) is 0. The Bertz CT molecular complexity index is 1140. The van der Waals surface area contributed by atoms with Crippen LogP contribution in [-0.4, -0.2) is 25.8 Å². The second-order valence-corrected chi connectivity index (χ2v) is 5.99. The summed E-state index contributed by atoms with van der Waals surface area (Å²) in [4.78, 5) is 12.4. The Morgan fingerprint density at radius 3 is 2.38 bits per heavy atom. The maximum atomic E-state index is 13.2. The molecule has 0 saturated carbocycles. The molecule has 29 heavy (non-hydrogen) atoms. The lowest BCUT2D eigenvalue weighted by Crippen LogP contribution is -2.12. The van der Waals surface area contributed by atoms with Crippen molar-refractivity contribution in [3.63, 3.8) is 0 Å². The third kappa shape index (κ3) is 3.86. The molecule has 146 valence electrons. The van der Waals surface area contributed by atoms with Crippen molar-refractivity contribution in [3.8, 4) is 17.0 Å². The Kier molecular flexibility index (Phi) is 4.59. The van der Waals surface area contributed by atoms with E-state index in [-0.39, 0.29) is 17.0 Å². The fraction of sp³-hybridized carbons (Fsp3) is 0.0526. The van der Waals surface area contributed by atoms with E-state index in [4.69, 9.17) is 4.52 Å². The van der Waals surface area contributed by atoms with E-state index >= 15 is 0 Å². The van der Waals surface area contributed by atoms with Gasteiger partial charge in [-0.2, -0.15) is 13.2 Å². The molecule has 0 fully saturated rings. The quantitative estimate of drug-likeness (QED) is 0.556. The smallest absolute Gasteiger partial charge is 0.355 e. The number of aromatic nitrogens is 4. The van der Waals surface area contributed by atoms with E-state index in [2.05, 4.69) is 20.7 Å². The SMILES string of the molecule is O=C(Nc1ccc(-n2cnnc2)cc1)c1cc(-c2ccccc2C(F)(F)F)on1. The van der Waals surface area contributed by atoms with Crippen LogP contribution in [0.3, 0.4) is 0 Å². The summed E-state index contributed by atoms with van der Waals surface area (Å²) >= 11 is 0.